The van der Waals surface area contributed by atoms with Crippen molar-refractivity contribution in [3.05, 3.63) is 80.8 Å². The van der Waals surface area contributed by atoms with E-state index in [-0.39, 0.29) is 15.4 Å². The molecule has 33 heavy (non-hydrogen) atoms. The number of carbonyl (C=O) groups is 1. The van der Waals surface area contributed by atoms with Gasteiger partial charge in [0, 0.05) is 26.2 Å². The van der Waals surface area contributed by atoms with Gasteiger partial charge in [0.05, 0.1) is 12.2 Å². The Morgan fingerprint density at radius 3 is 2.58 bits per heavy atom. The summed E-state index contributed by atoms with van der Waals surface area (Å²) >= 11 is 3.58. The number of benzene rings is 2. The highest BCUT2D eigenvalue weighted by molar-refractivity contribution is 9.10. The van der Waals surface area contributed by atoms with Crippen LogP contribution in [0.1, 0.15) is 26.5 Å². The molecule has 4 aromatic rings. The van der Waals surface area contributed by atoms with Crippen LogP contribution in [0.3, 0.4) is 0 Å². The molecular weight excluding hydrogens is 539 g/mol. The Kier molecular flexibility index (Phi) is 6.28. The van der Waals surface area contributed by atoms with Gasteiger partial charge in [-0.1, -0.05) is 30.3 Å². The lowest BCUT2D eigenvalue weighted by Gasteiger charge is -2.16. The minimum atomic E-state index is -5.72. The summed E-state index contributed by atoms with van der Waals surface area (Å²) < 4.78 is 41.7. The van der Waals surface area contributed by atoms with Crippen LogP contribution in [0.4, 0.5) is 14.6 Å². The van der Waals surface area contributed by atoms with E-state index in [1.165, 1.54) is 18.2 Å². The van der Waals surface area contributed by atoms with Gasteiger partial charge in [-0.3, -0.25) is 9.36 Å². The zero-order valence-corrected chi connectivity index (χ0v) is 20.3. The van der Waals surface area contributed by atoms with E-state index in [0.717, 1.165) is 5.56 Å². The van der Waals surface area contributed by atoms with Crippen molar-refractivity contribution in [2.75, 3.05) is 5.32 Å². The number of amides is 1. The van der Waals surface area contributed by atoms with Crippen LogP contribution in [0.25, 0.3) is 10.1 Å². The van der Waals surface area contributed by atoms with E-state index in [1.807, 2.05) is 30.3 Å². The zero-order valence-electron chi connectivity index (χ0n) is 17.0. The smallest absolute Gasteiger partial charge is 0.320 e. The molecule has 172 valence electrons. The highest BCUT2D eigenvalue weighted by Crippen LogP contribution is 2.62. The zero-order chi connectivity index (χ0) is 24.0. The maximum atomic E-state index is 14.3. The van der Waals surface area contributed by atoms with Crippen molar-refractivity contribution in [2.24, 2.45) is 0 Å². The molecule has 12 heteroatoms. The van der Waals surface area contributed by atoms with Gasteiger partial charge in [-0.25, -0.2) is 4.68 Å². The van der Waals surface area contributed by atoms with Crippen LogP contribution in [-0.4, -0.2) is 25.5 Å². The molecule has 2 heterocycles. The molecule has 0 spiro atoms. The van der Waals surface area contributed by atoms with E-state index >= 15 is 0 Å². The molecule has 0 aliphatic rings. The minimum Gasteiger partial charge on any atom is -0.320 e. The van der Waals surface area contributed by atoms with E-state index in [0.29, 0.717) is 34.1 Å². The van der Waals surface area contributed by atoms with Gasteiger partial charge >= 0.3 is 13.3 Å². The molecular formula is C21H17BrF2N3O4PS. The number of hydrogen-bond acceptors (Lipinski definition) is 4. The fourth-order valence-electron chi connectivity index (χ4n) is 3.25. The van der Waals surface area contributed by atoms with Gasteiger partial charge in [-0.2, -0.15) is 13.9 Å². The van der Waals surface area contributed by atoms with E-state index in [4.69, 9.17) is 9.79 Å². The van der Waals surface area contributed by atoms with Crippen molar-refractivity contribution in [1.82, 2.24) is 9.78 Å². The molecule has 7 nitrogen and oxygen atoms in total. The van der Waals surface area contributed by atoms with Crippen LogP contribution < -0.4 is 5.32 Å². The number of fused-ring (bicyclic) bond motifs is 1. The summed E-state index contributed by atoms with van der Waals surface area (Å²) in [6.07, 6.45) is 0. The molecule has 1 amide bonds. The van der Waals surface area contributed by atoms with Crippen molar-refractivity contribution in [3.63, 3.8) is 0 Å². The lowest BCUT2D eigenvalue weighted by molar-refractivity contribution is 0.0595. The van der Waals surface area contributed by atoms with E-state index in [1.54, 1.807) is 17.7 Å². The van der Waals surface area contributed by atoms with Crippen molar-refractivity contribution >= 4 is 56.7 Å². The number of aromatic nitrogens is 2. The second-order valence-corrected chi connectivity index (χ2v) is 10.8. The normalized spacial score (nSPS) is 12.3. The first kappa shape index (κ1) is 23.7. The number of aryl methyl sites for hydroxylation is 1. The van der Waals surface area contributed by atoms with E-state index in [9.17, 15) is 18.1 Å². The molecule has 3 N–H and O–H groups in total. The maximum absolute atomic E-state index is 14.3. The summed E-state index contributed by atoms with van der Waals surface area (Å²) in [5.74, 6) is -0.00735. The maximum Gasteiger partial charge on any atom is 0.400 e. The minimum absolute atomic E-state index is 0.157. The summed E-state index contributed by atoms with van der Waals surface area (Å²) in [6.45, 7) is 2.24. The number of nitrogens with one attached hydrogen (secondary N) is 1. The average Bonchev–Trinajstić information content (AvgIpc) is 3.27. The third-order valence-corrected chi connectivity index (χ3v) is 8.28. The fourth-order valence-corrected chi connectivity index (χ4v) is 6.17. The van der Waals surface area contributed by atoms with E-state index in [2.05, 4.69) is 26.3 Å². The van der Waals surface area contributed by atoms with Crippen LogP contribution in [0.2, 0.25) is 0 Å². The Balaban J connectivity index is 1.64. The standard InChI is InChI=1S/C21H17BrF2N3O4PS/c1-12-9-17(27(26-12)11-13-5-3-2-4-6-13)25-20(28)14-7-8-16-15(10-14)18(22)19(33-16)21(23,24)32(29,30)31/h2-10H,11H2,1H3,(H,25,28)(H2,29,30,31). The summed E-state index contributed by atoms with van der Waals surface area (Å²) in [6, 6.07) is 15.6. The summed E-state index contributed by atoms with van der Waals surface area (Å²) in [7, 11) is -5.72. The number of nitrogens with zero attached hydrogens (tertiary/aromatic N) is 2. The van der Waals surface area contributed by atoms with Gasteiger partial charge in [0.15, 0.2) is 0 Å². The molecule has 0 atom stereocenters. The van der Waals surface area contributed by atoms with Gasteiger partial charge in [-0.05, 0) is 46.6 Å². The lowest BCUT2D eigenvalue weighted by atomic mass is 10.1. The van der Waals surface area contributed by atoms with Crippen LogP contribution in [0, 0.1) is 6.92 Å². The van der Waals surface area contributed by atoms with Gasteiger partial charge in [0.2, 0.25) is 0 Å². The van der Waals surface area contributed by atoms with Crippen molar-refractivity contribution in [2.45, 2.75) is 19.1 Å². The average molecular weight is 556 g/mol. The Morgan fingerprint density at radius 2 is 1.91 bits per heavy atom. The molecule has 0 bridgehead atoms. The molecule has 4 rings (SSSR count). The van der Waals surface area contributed by atoms with Gasteiger partial charge in [-0.15, -0.1) is 11.3 Å². The van der Waals surface area contributed by atoms with Crippen molar-refractivity contribution < 1.29 is 27.9 Å². The number of hydrogen-bond donors (Lipinski definition) is 3. The molecule has 2 aromatic heterocycles. The monoisotopic (exact) mass is 555 g/mol. The quantitative estimate of drug-likeness (QED) is 0.265. The number of halogens is 3. The number of rotatable bonds is 6. The van der Waals surface area contributed by atoms with E-state index < -0.39 is 24.0 Å². The fraction of sp³-hybridized carbons (Fsp3) is 0.143. The Bertz CT molecular complexity index is 1400. The van der Waals surface area contributed by atoms with Crippen molar-refractivity contribution in [3.8, 4) is 0 Å². The van der Waals surface area contributed by atoms with Crippen LogP contribution in [0.5, 0.6) is 0 Å². The predicted octanol–water partition coefficient (Wildman–Crippen LogP) is 5.70. The first-order chi connectivity index (χ1) is 15.5. The highest BCUT2D eigenvalue weighted by Gasteiger charge is 2.53. The molecule has 0 saturated carbocycles. The van der Waals surface area contributed by atoms with Crippen molar-refractivity contribution in [1.29, 1.82) is 0 Å². The third-order valence-electron chi connectivity index (χ3n) is 4.85. The van der Waals surface area contributed by atoms with Crippen LogP contribution in [0.15, 0.2) is 59.1 Å². The number of carbonyl (C=O) groups excluding carboxylic acids is 1. The first-order valence-electron chi connectivity index (χ1n) is 9.53. The number of alkyl halides is 2. The molecule has 0 radical (unpaired) electrons. The predicted molar refractivity (Wildman–Crippen MR) is 126 cm³/mol. The molecule has 0 saturated heterocycles. The Hall–Kier alpha value is -2.43. The third kappa shape index (κ3) is 4.64. The first-order valence-corrected chi connectivity index (χ1v) is 12.8. The molecule has 0 fully saturated rings. The summed E-state index contributed by atoms with van der Waals surface area (Å²) in [4.78, 5) is 30.2. The summed E-state index contributed by atoms with van der Waals surface area (Å²) in [5, 5.41) is 7.45. The topological polar surface area (TPSA) is 104 Å². The molecule has 0 aliphatic carbocycles. The lowest BCUT2D eigenvalue weighted by Crippen LogP contribution is -2.16. The SMILES string of the molecule is Cc1cc(NC(=O)c2ccc3sc(C(F)(F)P(=O)(O)O)c(Br)c3c2)n(Cc2ccccc2)n1. The molecule has 2 aromatic carbocycles. The molecule has 0 unspecified atom stereocenters. The van der Waals surface area contributed by atoms with Gasteiger partial charge in [0.25, 0.3) is 5.91 Å². The highest BCUT2D eigenvalue weighted by atomic mass is 79.9. The largest absolute Gasteiger partial charge is 0.400 e. The second-order valence-electron chi connectivity index (χ2n) is 7.31. The van der Waals surface area contributed by atoms with Crippen LogP contribution in [-0.2, 0) is 16.8 Å². The Labute approximate surface area is 199 Å². The van der Waals surface area contributed by atoms with Crippen LogP contribution >= 0.6 is 34.9 Å². The second kappa shape index (κ2) is 8.73. The Morgan fingerprint density at radius 1 is 1.21 bits per heavy atom. The summed E-state index contributed by atoms with van der Waals surface area (Å²) in [5.41, 5.74) is -2.45. The van der Waals surface area contributed by atoms with Gasteiger partial charge in [0.1, 0.15) is 10.7 Å². The number of thiophene rings is 1. The van der Waals surface area contributed by atoms with Gasteiger partial charge < -0.3 is 15.1 Å². The number of anilines is 1. The molecule has 0 aliphatic heterocycles.